The quantitative estimate of drug-likeness (QED) is 0.270. The number of thiophene rings is 1. The van der Waals surface area contributed by atoms with E-state index < -0.39 is 6.10 Å². The van der Waals surface area contributed by atoms with E-state index in [1.807, 2.05) is 18.2 Å². The Labute approximate surface area is 186 Å². The summed E-state index contributed by atoms with van der Waals surface area (Å²) in [6, 6.07) is 10.2. The summed E-state index contributed by atoms with van der Waals surface area (Å²) in [7, 11) is 1.69. The molecule has 8 heteroatoms. The number of hydrogen-bond donors (Lipinski definition) is 3. The van der Waals surface area contributed by atoms with Crippen LogP contribution in [0.4, 0.5) is 0 Å². The Kier molecular flexibility index (Phi) is 7.85. The van der Waals surface area contributed by atoms with Crippen LogP contribution in [0.5, 0.6) is 0 Å². The Morgan fingerprint density at radius 2 is 2.04 bits per heavy atom. The van der Waals surface area contributed by atoms with Gasteiger partial charge >= 0.3 is 0 Å². The van der Waals surface area contributed by atoms with E-state index in [-0.39, 0.29) is 29.4 Å². The number of hydrogen-bond acceptors (Lipinski definition) is 5. The summed E-state index contributed by atoms with van der Waals surface area (Å²) in [5.74, 6) is 2.04. The normalized spacial score (nSPS) is 13.2. The summed E-state index contributed by atoms with van der Waals surface area (Å²) in [6.45, 7) is 7.04. The number of aromatic nitrogens is 1. The van der Waals surface area contributed by atoms with Gasteiger partial charge in [-0.3, -0.25) is 4.99 Å². The fourth-order valence-electron chi connectivity index (χ4n) is 2.58. The molecule has 0 aliphatic carbocycles. The van der Waals surface area contributed by atoms with Crippen molar-refractivity contribution in [1.82, 2.24) is 15.6 Å². The number of fused-ring (bicyclic) bond motifs is 1. The molecule has 3 N–H and O–H groups in total. The van der Waals surface area contributed by atoms with Crippen LogP contribution in [-0.2, 0) is 12.0 Å². The zero-order valence-electron chi connectivity index (χ0n) is 16.5. The first-order chi connectivity index (χ1) is 12.9. The van der Waals surface area contributed by atoms with E-state index in [4.69, 9.17) is 4.42 Å². The SMILES string of the molecule is CN=C(NCc1ncc(C(C)(C)C)o1)NCC(O)c1cc2ccccc2s1.I. The Hall–Kier alpha value is -1.65. The van der Waals surface area contributed by atoms with E-state index in [1.165, 1.54) is 4.70 Å². The molecule has 152 valence electrons. The van der Waals surface area contributed by atoms with Gasteiger partial charge in [0.1, 0.15) is 11.9 Å². The van der Waals surface area contributed by atoms with Crippen molar-refractivity contribution in [2.75, 3.05) is 13.6 Å². The van der Waals surface area contributed by atoms with Crippen molar-refractivity contribution in [2.45, 2.75) is 38.8 Å². The van der Waals surface area contributed by atoms with Crippen LogP contribution in [0.25, 0.3) is 10.1 Å². The van der Waals surface area contributed by atoms with Crippen molar-refractivity contribution < 1.29 is 9.52 Å². The molecule has 28 heavy (non-hydrogen) atoms. The Morgan fingerprint density at radius 1 is 1.29 bits per heavy atom. The van der Waals surface area contributed by atoms with Crippen LogP contribution in [-0.4, -0.2) is 29.6 Å². The summed E-state index contributed by atoms with van der Waals surface area (Å²) >= 11 is 1.60. The fourth-order valence-corrected chi connectivity index (χ4v) is 3.63. The van der Waals surface area contributed by atoms with Gasteiger partial charge in [0, 0.05) is 28.6 Å². The lowest BCUT2D eigenvalue weighted by atomic mass is 9.94. The Balaban J connectivity index is 0.00000280. The summed E-state index contributed by atoms with van der Waals surface area (Å²) in [5, 5.41) is 17.9. The number of benzene rings is 1. The van der Waals surface area contributed by atoms with Crippen LogP contribution in [0.15, 0.2) is 45.9 Å². The molecule has 1 atom stereocenters. The fraction of sp³-hybridized carbons (Fsp3) is 0.400. The van der Waals surface area contributed by atoms with Gasteiger partial charge in [-0.1, -0.05) is 39.0 Å². The highest BCUT2D eigenvalue weighted by molar-refractivity contribution is 14.0. The van der Waals surface area contributed by atoms with Crippen molar-refractivity contribution in [3.05, 3.63) is 53.1 Å². The lowest BCUT2D eigenvalue weighted by Gasteiger charge is -2.14. The minimum atomic E-state index is -0.602. The molecule has 2 aromatic heterocycles. The molecule has 1 aromatic carbocycles. The molecule has 0 saturated heterocycles. The van der Waals surface area contributed by atoms with Crippen LogP contribution >= 0.6 is 35.3 Å². The highest BCUT2D eigenvalue weighted by Crippen LogP contribution is 2.29. The first-order valence-electron chi connectivity index (χ1n) is 8.93. The minimum Gasteiger partial charge on any atom is -0.443 e. The van der Waals surface area contributed by atoms with Crippen LogP contribution < -0.4 is 10.6 Å². The zero-order valence-corrected chi connectivity index (χ0v) is 19.7. The number of oxazole rings is 1. The van der Waals surface area contributed by atoms with E-state index in [0.717, 1.165) is 16.0 Å². The first-order valence-corrected chi connectivity index (χ1v) is 9.74. The van der Waals surface area contributed by atoms with E-state index in [0.29, 0.717) is 24.9 Å². The van der Waals surface area contributed by atoms with Crippen molar-refractivity contribution in [2.24, 2.45) is 4.99 Å². The molecule has 6 nitrogen and oxygen atoms in total. The number of halogens is 1. The second-order valence-corrected chi connectivity index (χ2v) is 8.49. The molecule has 0 aliphatic rings. The number of rotatable bonds is 5. The molecule has 0 saturated carbocycles. The molecule has 0 spiro atoms. The summed E-state index contributed by atoms with van der Waals surface area (Å²) in [4.78, 5) is 9.41. The molecule has 3 aromatic rings. The van der Waals surface area contributed by atoms with Gasteiger partial charge in [-0.2, -0.15) is 0 Å². The average Bonchev–Trinajstić information content (AvgIpc) is 3.28. The number of aliphatic hydroxyl groups is 1. The predicted octanol–water partition coefficient (Wildman–Crippen LogP) is 4.20. The molecule has 0 amide bonds. The molecular formula is C20H27IN4O2S. The van der Waals surface area contributed by atoms with E-state index in [9.17, 15) is 5.11 Å². The number of guanidine groups is 1. The zero-order chi connectivity index (χ0) is 19.4. The van der Waals surface area contributed by atoms with Gasteiger partial charge in [0.2, 0.25) is 5.89 Å². The topological polar surface area (TPSA) is 82.7 Å². The highest BCUT2D eigenvalue weighted by Gasteiger charge is 2.19. The number of nitrogens with zero attached hydrogens (tertiary/aromatic N) is 2. The van der Waals surface area contributed by atoms with Gasteiger partial charge in [-0.25, -0.2) is 4.98 Å². The van der Waals surface area contributed by atoms with Crippen molar-refractivity contribution in [3.8, 4) is 0 Å². The largest absolute Gasteiger partial charge is 0.443 e. The van der Waals surface area contributed by atoms with Crippen molar-refractivity contribution >= 4 is 51.4 Å². The number of aliphatic imine (C=N–C) groups is 1. The lowest BCUT2D eigenvalue weighted by Crippen LogP contribution is -2.38. The lowest BCUT2D eigenvalue weighted by molar-refractivity contribution is 0.184. The van der Waals surface area contributed by atoms with E-state index >= 15 is 0 Å². The standard InChI is InChI=1S/C20H26N4O2S.HI/c1-20(2,3)17-11-22-18(26-17)12-24-19(21-4)23-10-14(25)16-9-13-7-5-6-8-15(13)27-16;/h5-9,11,14,25H,10,12H2,1-4H3,(H2,21,23,24);1H. The van der Waals surface area contributed by atoms with E-state index in [2.05, 4.69) is 53.5 Å². The highest BCUT2D eigenvalue weighted by atomic mass is 127. The van der Waals surface area contributed by atoms with Crippen LogP contribution in [0.3, 0.4) is 0 Å². The molecular weight excluding hydrogens is 487 g/mol. The second-order valence-electron chi connectivity index (χ2n) is 7.38. The van der Waals surface area contributed by atoms with Crippen LogP contribution in [0.2, 0.25) is 0 Å². The second kappa shape index (κ2) is 9.71. The maximum Gasteiger partial charge on any atom is 0.213 e. The third-order valence-electron chi connectivity index (χ3n) is 4.16. The molecule has 0 radical (unpaired) electrons. The van der Waals surface area contributed by atoms with Gasteiger partial charge in [0.25, 0.3) is 0 Å². The Morgan fingerprint density at radius 3 is 2.68 bits per heavy atom. The van der Waals surface area contributed by atoms with Crippen molar-refractivity contribution in [1.29, 1.82) is 0 Å². The van der Waals surface area contributed by atoms with Gasteiger partial charge in [0.15, 0.2) is 5.96 Å². The molecule has 0 bridgehead atoms. The van der Waals surface area contributed by atoms with Crippen LogP contribution in [0.1, 0.15) is 43.4 Å². The van der Waals surface area contributed by atoms with Gasteiger partial charge in [-0.05, 0) is 17.5 Å². The maximum absolute atomic E-state index is 10.5. The summed E-state index contributed by atoms with van der Waals surface area (Å²) in [5.41, 5.74) is -0.0699. The average molecular weight is 514 g/mol. The third kappa shape index (κ3) is 5.68. The molecule has 0 aliphatic heterocycles. The smallest absolute Gasteiger partial charge is 0.213 e. The predicted molar refractivity (Wildman–Crippen MR) is 126 cm³/mol. The van der Waals surface area contributed by atoms with Gasteiger partial charge < -0.3 is 20.2 Å². The van der Waals surface area contributed by atoms with Crippen molar-refractivity contribution in [3.63, 3.8) is 0 Å². The molecule has 2 heterocycles. The minimum absolute atomic E-state index is 0. The monoisotopic (exact) mass is 514 g/mol. The molecule has 3 rings (SSSR count). The van der Waals surface area contributed by atoms with E-state index in [1.54, 1.807) is 24.6 Å². The molecule has 1 unspecified atom stereocenters. The maximum atomic E-state index is 10.5. The first kappa shape index (κ1) is 22.6. The molecule has 0 fully saturated rings. The Bertz CT molecular complexity index is 897. The number of nitrogens with one attached hydrogen (secondary N) is 2. The van der Waals surface area contributed by atoms with Gasteiger partial charge in [0.05, 0.1) is 12.7 Å². The number of aliphatic hydroxyl groups excluding tert-OH is 1. The van der Waals surface area contributed by atoms with Crippen LogP contribution in [0, 0.1) is 0 Å². The summed E-state index contributed by atoms with van der Waals surface area (Å²) in [6.07, 6.45) is 1.16. The third-order valence-corrected chi connectivity index (χ3v) is 5.38. The van der Waals surface area contributed by atoms with Gasteiger partial charge in [-0.15, -0.1) is 35.3 Å². The summed E-state index contributed by atoms with van der Waals surface area (Å²) < 4.78 is 6.94.